The van der Waals surface area contributed by atoms with Crippen LogP contribution in [-0.2, 0) is 6.42 Å². The van der Waals surface area contributed by atoms with E-state index in [-0.39, 0.29) is 0 Å². The van der Waals surface area contributed by atoms with E-state index >= 15 is 0 Å². The first-order valence-electron chi connectivity index (χ1n) is 7.09. The molecule has 0 bridgehead atoms. The number of para-hydroxylation sites is 1. The maximum absolute atomic E-state index is 6.23. The van der Waals surface area contributed by atoms with E-state index in [2.05, 4.69) is 54.6 Å². The molecular formula is C19H12OS. The highest BCUT2D eigenvalue weighted by Gasteiger charge is 2.20. The van der Waals surface area contributed by atoms with Crippen LogP contribution < -0.4 is 4.74 Å². The van der Waals surface area contributed by atoms with E-state index in [1.807, 2.05) is 17.4 Å². The summed E-state index contributed by atoms with van der Waals surface area (Å²) in [5, 5.41) is 2.62. The summed E-state index contributed by atoms with van der Waals surface area (Å²) in [6.45, 7) is 0. The number of benzene rings is 3. The minimum atomic E-state index is 0.954. The van der Waals surface area contributed by atoms with E-state index in [1.54, 1.807) is 0 Å². The van der Waals surface area contributed by atoms with E-state index in [9.17, 15) is 0 Å². The van der Waals surface area contributed by atoms with Gasteiger partial charge in [-0.05, 0) is 17.7 Å². The molecule has 0 fully saturated rings. The Labute approximate surface area is 126 Å². The van der Waals surface area contributed by atoms with Crippen molar-refractivity contribution in [2.45, 2.75) is 6.42 Å². The van der Waals surface area contributed by atoms with E-state index < -0.39 is 0 Å². The second-order valence-electron chi connectivity index (χ2n) is 5.42. The first-order valence-corrected chi connectivity index (χ1v) is 7.91. The maximum atomic E-state index is 6.23. The molecule has 4 aromatic rings. The molecule has 0 atom stereocenters. The standard InChI is InChI=1S/C19H12OS/c1-3-7-16-12(5-1)11-13-9-10-15-14-6-2-4-8-17(14)21-19(15)18(13)20-16/h1-10H,11H2. The Morgan fingerprint density at radius 2 is 1.62 bits per heavy atom. The molecule has 3 aromatic carbocycles. The molecule has 1 nitrogen and oxygen atoms in total. The lowest BCUT2D eigenvalue weighted by Crippen LogP contribution is -2.02. The molecular weight excluding hydrogens is 276 g/mol. The number of ether oxygens (including phenoxy) is 1. The number of rotatable bonds is 0. The summed E-state index contributed by atoms with van der Waals surface area (Å²) in [5.41, 5.74) is 2.55. The van der Waals surface area contributed by atoms with Crippen LogP contribution in [0.2, 0.25) is 0 Å². The molecule has 0 unspecified atom stereocenters. The molecule has 0 aliphatic carbocycles. The van der Waals surface area contributed by atoms with Crippen molar-refractivity contribution in [3.63, 3.8) is 0 Å². The molecule has 1 aromatic heterocycles. The zero-order valence-corrected chi connectivity index (χ0v) is 12.1. The summed E-state index contributed by atoms with van der Waals surface area (Å²) in [6.07, 6.45) is 0.954. The highest BCUT2D eigenvalue weighted by molar-refractivity contribution is 7.26. The molecule has 1 aliphatic rings. The summed E-state index contributed by atoms with van der Waals surface area (Å²) in [5.74, 6) is 2.04. The minimum absolute atomic E-state index is 0.954. The molecule has 0 radical (unpaired) electrons. The molecule has 0 spiro atoms. The van der Waals surface area contributed by atoms with Crippen molar-refractivity contribution in [3.05, 3.63) is 71.8 Å². The van der Waals surface area contributed by atoms with E-state index in [1.165, 1.54) is 31.3 Å². The zero-order valence-electron chi connectivity index (χ0n) is 11.3. The van der Waals surface area contributed by atoms with E-state index in [4.69, 9.17) is 4.74 Å². The normalized spacial score (nSPS) is 13.0. The van der Waals surface area contributed by atoms with Crippen LogP contribution in [0.1, 0.15) is 11.1 Å². The van der Waals surface area contributed by atoms with Crippen molar-refractivity contribution in [2.75, 3.05) is 0 Å². The van der Waals surface area contributed by atoms with E-state index in [0.29, 0.717) is 0 Å². The SMILES string of the molecule is c1ccc2c(c1)Cc1ccc3c(sc4ccccc43)c1O2. The van der Waals surface area contributed by atoms with Crippen molar-refractivity contribution < 1.29 is 4.74 Å². The molecule has 2 heteroatoms. The van der Waals surface area contributed by atoms with Crippen LogP contribution in [0.5, 0.6) is 11.5 Å². The Morgan fingerprint density at radius 1 is 0.762 bits per heavy atom. The summed E-state index contributed by atoms with van der Waals surface area (Å²) < 4.78 is 8.82. The fourth-order valence-corrected chi connectivity index (χ4v) is 4.33. The van der Waals surface area contributed by atoms with Gasteiger partial charge in [-0.25, -0.2) is 0 Å². The summed E-state index contributed by atoms with van der Waals surface area (Å²) in [7, 11) is 0. The Balaban J connectivity index is 1.83. The Morgan fingerprint density at radius 3 is 2.62 bits per heavy atom. The quantitative estimate of drug-likeness (QED) is 0.352. The lowest BCUT2D eigenvalue weighted by Gasteiger charge is -2.20. The van der Waals surface area contributed by atoms with Crippen LogP contribution in [-0.4, -0.2) is 0 Å². The Bertz CT molecular complexity index is 997. The molecule has 21 heavy (non-hydrogen) atoms. The summed E-state index contributed by atoms with van der Waals surface area (Å²) in [4.78, 5) is 0. The molecule has 5 rings (SSSR count). The number of hydrogen-bond acceptors (Lipinski definition) is 2. The molecule has 0 N–H and O–H groups in total. The maximum Gasteiger partial charge on any atom is 0.148 e. The molecule has 0 saturated carbocycles. The zero-order chi connectivity index (χ0) is 13.8. The van der Waals surface area contributed by atoms with Crippen LogP contribution in [0, 0.1) is 0 Å². The third-order valence-corrected chi connectivity index (χ3v) is 5.33. The summed E-state index contributed by atoms with van der Waals surface area (Å²) >= 11 is 1.83. The second-order valence-corrected chi connectivity index (χ2v) is 6.47. The minimum Gasteiger partial charge on any atom is -0.455 e. The predicted molar refractivity (Wildman–Crippen MR) is 88.7 cm³/mol. The fourth-order valence-electron chi connectivity index (χ4n) is 3.12. The van der Waals surface area contributed by atoms with Gasteiger partial charge in [0.15, 0.2) is 0 Å². The number of thiophene rings is 1. The third kappa shape index (κ3) is 1.57. The van der Waals surface area contributed by atoms with Gasteiger partial charge in [-0.2, -0.15) is 0 Å². The van der Waals surface area contributed by atoms with Crippen LogP contribution in [0.3, 0.4) is 0 Å². The Hall–Kier alpha value is -2.32. The van der Waals surface area contributed by atoms with Gasteiger partial charge in [-0.1, -0.05) is 48.5 Å². The number of fused-ring (bicyclic) bond motifs is 6. The van der Waals surface area contributed by atoms with Crippen molar-refractivity contribution in [2.24, 2.45) is 0 Å². The monoisotopic (exact) mass is 288 g/mol. The van der Waals surface area contributed by atoms with Gasteiger partial charge >= 0.3 is 0 Å². The third-order valence-electron chi connectivity index (χ3n) is 4.15. The molecule has 0 saturated heterocycles. The lowest BCUT2D eigenvalue weighted by atomic mass is 9.99. The van der Waals surface area contributed by atoms with Gasteiger partial charge in [0.25, 0.3) is 0 Å². The van der Waals surface area contributed by atoms with Gasteiger partial charge in [0, 0.05) is 27.5 Å². The van der Waals surface area contributed by atoms with Crippen molar-refractivity contribution in [1.82, 2.24) is 0 Å². The smallest absolute Gasteiger partial charge is 0.148 e. The predicted octanol–water partition coefficient (Wildman–Crippen LogP) is 5.75. The van der Waals surface area contributed by atoms with Crippen molar-refractivity contribution in [1.29, 1.82) is 0 Å². The lowest BCUT2D eigenvalue weighted by molar-refractivity contribution is 0.466. The topological polar surface area (TPSA) is 9.23 Å². The average Bonchev–Trinajstić information content (AvgIpc) is 2.92. The average molecular weight is 288 g/mol. The van der Waals surface area contributed by atoms with Crippen LogP contribution in [0.4, 0.5) is 0 Å². The van der Waals surface area contributed by atoms with Gasteiger partial charge < -0.3 is 4.74 Å². The van der Waals surface area contributed by atoms with Gasteiger partial charge in [0.05, 0.1) is 4.70 Å². The summed E-state index contributed by atoms with van der Waals surface area (Å²) in [6, 6.07) is 21.3. The van der Waals surface area contributed by atoms with E-state index in [0.717, 1.165) is 17.9 Å². The van der Waals surface area contributed by atoms with Crippen LogP contribution >= 0.6 is 11.3 Å². The van der Waals surface area contributed by atoms with Gasteiger partial charge in [-0.3, -0.25) is 0 Å². The van der Waals surface area contributed by atoms with Gasteiger partial charge in [0.2, 0.25) is 0 Å². The van der Waals surface area contributed by atoms with Gasteiger partial charge in [-0.15, -0.1) is 11.3 Å². The molecule has 2 heterocycles. The highest BCUT2D eigenvalue weighted by Crippen LogP contribution is 2.46. The highest BCUT2D eigenvalue weighted by atomic mass is 32.1. The molecule has 100 valence electrons. The van der Waals surface area contributed by atoms with Crippen LogP contribution in [0.25, 0.3) is 20.2 Å². The van der Waals surface area contributed by atoms with Crippen molar-refractivity contribution >= 4 is 31.5 Å². The number of hydrogen-bond donors (Lipinski definition) is 0. The van der Waals surface area contributed by atoms with Crippen LogP contribution in [0.15, 0.2) is 60.7 Å². The second kappa shape index (κ2) is 4.09. The molecule has 0 amide bonds. The molecule has 1 aliphatic heterocycles. The van der Waals surface area contributed by atoms with Crippen molar-refractivity contribution in [3.8, 4) is 11.5 Å². The fraction of sp³-hybridized carbons (Fsp3) is 0.0526. The Kier molecular flexibility index (Phi) is 2.21. The largest absolute Gasteiger partial charge is 0.455 e. The first kappa shape index (κ1) is 11.4. The first-order chi connectivity index (χ1) is 10.4. The van der Waals surface area contributed by atoms with Gasteiger partial charge in [0.1, 0.15) is 11.5 Å².